The largest absolute Gasteiger partial charge is 0.366 e. The summed E-state index contributed by atoms with van der Waals surface area (Å²) in [5.74, 6) is 0.0194. The summed E-state index contributed by atoms with van der Waals surface area (Å²) < 4.78 is 5.40. The van der Waals surface area contributed by atoms with Crippen LogP contribution in [0.25, 0.3) is 0 Å². The number of hydrogen-bond donors (Lipinski definition) is 1. The van der Waals surface area contributed by atoms with Gasteiger partial charge in [-0.3, -0.25) is 4.79 Å². The van der Waals surface area contributed by atoms with Gasteiger partial charge in [-0.1, -0.05) is 6.58 Å². The standard InChI is InChI=1S/C9H15NO2/c1-6(2)9(11)8-4-3-7(5-10)12-8/h7-8H,1,3-5,10H2,2H3. The number of ketones is 1. The molecule has 0 radical (unpaired) electrons. The van der Waals surface area contributed by atoms with Crippen LogP contribution in [0, 0.1) is 0 Å². The molecular formula is C9H15NO2. The van der Waals surface area contributed by atoms with Crippen LogP contribution in [0.2, 0.25) is 0 Å². The van der Waals surface area contributed by atoms with Gasteiger partial charge in [-0.05, 0) is 25.3 Å². The number of Topliss-reactive ketones (excluding diaryl/α,β-unsaturated/α-hetero) is 1. The van der Waals surface area contributed by atoms with Gasteiger partial charge >= 0.3 is 0 Å². The Morgan fingerprint density at radius 2 is 2.33 bits per heavy atom. The first-order valence-electron chi connectivity index (χ1n) is 4.20. The molecule has 0 aliphatic carbocycles. The van der Waals surface area contributed by atoms with Crippen LogP contribution < -0.4 is 5.73 Å². The van der Waals surface area contributed by atoms with Crippen LogP contribution in [0.5, 0.6) is 0 Å². The van der Waals surface area contributed by atoms with Crippen LogP contribution in [0.15, 0.2) is 12.2 Å². The zero-order chi connectivity index (χ0) is 9.14. The summed E-state index contributed by atoms with van der Waals surface area (Å²) in [7, 11) is 0. The molecule has 1 aliphatic rings. The Balaban J connectivity index is 2.46. The van der Waals surface area contributed by atoms with Crippen LogP contribution in [-0.4, -0.2) is 24.5 Å². The van der Waals surface area contributed by atoms with E-state index >= 15 is 0 Å². The maximum atomic E-state index is 11.3. The third-order valence-corrected chi connectivity index (χ3v) is 2.08. The fraction of sp³-hybridized carbons (Fsp3) is 0.667. The fourth-order valence-electron chi connectivity index (χ4n) is 1.35. The lowest BCUT2D eigenvalue weighted by molar-refractivity contribution is -0.125. The number of rotatable bonds is 3. The van der Waals surface area contributed by atoms with Crippen molar-refractivity contribution < 1.29 is 9.53 Å². The van der Waals surface area contributed by atoms with Crippen molar-refractivity contribution in [2.45, 2.75) is 32.0 Å². The van der Waals surface area contributed by atoms with Crippen molar-refractivity contribution >= 4 is 5.78 Å². The van der Waals surface area contributed by atoms with E-state index in [1.54, 1.807) is 6.92 Å². The first-order chi connectivity index (χ1) is 5.65. The number of ether oxygens (including phenoxy) is 1. The Bertz CT molecular complexity index is 201. The van der Waals surface area contributed by atoms with E-state index in [0.717, 1.165) is 12.8 Å². The van der Waals surface area contributed by atoms with E-state index in [0.29, 0.717) is 12.1 Å². The van der Waals surface area contributed by atoms with E-state index in [2.05, 4.69) is 6.58 Å². The molecule has 1 fully saturated rings. The van der Waals surface area contributed by atoms with Crippen molar-refractivity contribution in [3.05, 3.63) is 12.2 Å². The summed E-state index contributed by atoms with van der Waals surface area (Å²) in [5, 5.41) is 0. The number of carbonyl (C=O) groups excluding carboxylic acids is 1. The maximum Gasteiger partial charge on any atom is 0.186 e. The highest BCUT2D eigenvalue weighted by molar-refractivity contribution is 5.97. The minimum absolute atomic E-state index is 0.0194. The third-order valence-electron chi connectivity index (χ3n) is 2.08. The van der Waals surface area contributed by atoms with E-state index in [9.17, 15) is 4.79 Å². The average Bonchev–Trinajstić information content (AvgIpc) is 2.50. The van der Waals surface area contributed by atoms with Gasteiger partial charge in [0.15, 0.2) is 5.78 Å². The quantitative estimate of drug-likeness (QED) is 0.631. The molecule has 0 saturated carbocycles. The third kappa shape index (κ3) is 1.93. The lowest BCUT2D eigenvalue weighted by atomic mass is 10.1. The monoisotopic (exact) mass is 169 g/mol. The van der Waals surface area contributed by atoms with Crippen LogP contribution >= 0.6 is 0 Å². The Morgan fingerprint density at radius 3 is 2.75 bits per heavy atom. The average molecular weight is 169 g/mol. The van der Waals surface area contributed by atoms with Crippen molar-refractivity contribution in [3.63, 3.8) is 0 Å². The molecule has 1 saturated heterocycles. The number of hydrogen-bond acceptors (Lipinski definition) is 3. The predicted octanol–water partition coefficient (Wildman–Crippen LogP) is 0.638. The first-order valence-corrected chi connectivity index (χ1v) is 4.20. The Labute approximate surface area is 72.6 Å². The maximum absolute atomic E-state index is 11.3. The van der Waals surface area contributed by atoms with Crippen LogP contribution in [0.1, 0.15) is 19.8 Å². The smallest absolute Gasteiger partial charge is 0.186 e. The summed E-state index contributed by atoms with van der Waals surface area (Å²) in [5.41, 5.74) is 5.98. The molecule has 0 amide bonds. The summed E-state index contributed by atoms with van der Waals surface area (Å²) in [6.45, 7) is 5.80. The van der Waals surface area contributed by atoms with Gasteiger partial charge in [0, 0.05) is 6.54 Å². The molecule has 2 unspecified atom stereocenters. The molecule has 0 aromatic rings. The topological polar surface area (TPSA) is 52.3 Å². The number of carbonyl (C=O) groups is 1. The first kappa shape index (κ1) is 9.42. The van der Waals surface area contributed by atoms with Crippen molar-refractivity contribution in [3.8, 4) is 0 Å². The molecule has 2 atom stereocenters. The van der Waals surface area contributed by atoms with E-state index < -0.39 is 0 Å². The van der Waals surface area contributed by atoms with Crippen molar-refractivity contribution in [2.24, 2.45) is 5.73 Å². The van der Waals surface area contributed by atoms with E-state index in [1.165, 1.54) is 0 Å². The van der Waals surface area contributed by atoms with Gasteiger partial charge in [0.2, 0.25) is 0 Å². The van der Waals surface area contributed by atoms with Gasteiger partial charge in [-0.2, -0.15) is 0 Å². The summed E-state index contributed by atoms with van der Waals surface area (Å²) in [6.07, 6.45) is 1.46. The lowest BCUT2D eigenvalue weighted by Gasteiger charge is -2.10. The highest BCUT2D eigenvalue weighted by Gasteiger charge is 2.29. The molecule has 0 aromatic carbocycles. The van der Waals surface area contributed by atoms with Gasteiger partial charge < -0.3 is 10.5 Å². The minimum Gasteiger partial charge on any atom is -0.366 e. The van der Waals surface area contributed by atoms with Gasteiger partial charge in [0.25, 0.3) is 0 Å². The molecule has 68 valence electrons. The summed E-state index contributed by atoms with van der Waals surface area (Å²) in [6, 6.07) is 0. The number of nitrogens with two attached hydrogens (primary N) is 1. The van der Waals surface area contributed by atoms with Crippen LogP contribution in [0.4, 0.5) is 0 Å². The fourth-order valence-corrected chi connectivity index (χ4v) is 1.35. The molecule has 1 heterocycles. The molecule has 1 rings (SSSR count). The lowest BCUT2D eigenvalue weighted by Crippen LogP contribution is -2.25. The van der Waals surface area contributed by atoms with Crippen molar-refractivity contribution in [1.29, 1.82) is 0 Å². The van der Waals surface area contributed by atoms with Crippen molar-refractivity contribution in [2.75, 3.05) is 6.54 Å². The minimum atomic E-state index is -0.281. The highest BCUT2D eigenvalue weighted by Crippen LogP contribution is 2.21. The molecule has 3 nitrogen and oxygen atoms in total. The Hall–Kier alpha value is -0.670. The molecule has 2 N–H and O–H groups in total. The van der Waals surface area contributed by atoms with Gasteiger partial charge in [0.1, 0.15) is 6.10 Å². The molecule has 0 bridgehead atoms. The summed E-state index contributed by atoms with van der Waals surface area (Å²) in [4.78, 5) is 11.3. The molecule has 3 heteroatoms. The van der Waals surface area contributed by atoms with E-state index in [1.807, 2.05) is 0 Å². The molecule has 0 spiro atoms. The van der Waals surface area contributed by atoms with Crippen LogP contribution in [-0.2, 0) is 9.53 Å². The van der Waals surface area contributed by atoms with Crippen molar-refractivity contribution in [1.82, 2.24) is 0 Å². The Kier molecular flexibility index (Phi) is 3.00. The van der Waals surface area contributed by atoms with Gasteiger partial charge in [0.05, 0.1) is 6.10 Å². The molecule has 0 aromatic heterocycles. The van der Waals surface area contributed by atoms with Crippen LogP contribution in [0.3, 0.4) is 0 Å². The molecule has 12 heavy (non-hydrogen) atoms. The SMILES string of the molecule is C=C(C)C(=O)C1CCC(CN)O1. The summed E-state index contributed by atoms with van der Waals surface area (Å²) >= 11 is 0. The Morgan fingerprint density at radius 1 is 1.67 bits per heavy atom. The van der Waals surface area contributed by atoms with E-state index in [4.69, 9.17) is 10.5 Å². The van der Waals surface area contributed by atoms with E-state index in [-0.39, 0.29) is 18.0 Å². The molecule has 1 aliphatic heterocycles. The predicted molar refractivity (Wildman–Crippen MR) is 46.8 cm³/mol. The normalized spacial score (nSPS) is 28.8. The van der Waals surface area contributed by atoms with Gasteiger partial charge in [-0.15, -0.1) is 0 Å². The second-order valence-electron chi connectivity index (χ2n) is 3.20. The second-order valence-corrected chi connectivity index (χ2v) is 3.20. The van der Waals surface area contributed by atoms with Gasteiger partial charge in [-0.25, -0.2) is 0 Å². The second kappa shape index (κ2) is 3.83. The zero-order valence-electron chi connectivity index (χ0n) is 7.38. The highest BCUT2D eigenvalue weighted by atomic mass is 16.5. The molecular weight excluding hydrogens is 154 g/mol. The zero-order valence-corrected chi connectivity index (χ0v) is 7.38.